The third kappa shape index (κ3) is 3.23. The van der Waals surface area contributed by atoms with E-state index in [0.29, 0.717) is 15.2 Å². The number of nitrogens with one attached hydrogen (secondary N) is 1. The molecular formula is C12H9BrClFN2O2S. The zero-order valence-electron chi connectivity index (χ0n) is 9.90. The lowest BCUT2D eigenvalue weighted by Gasteiger charge is -2.09. The summed E-state index contributed by atoms with van der Waals surface area (Å²) in [5.74, 6) is -0.787. The first kappa shape index (κ1) is 15.1. The molecule has 0 aliphatic heterocycles. The topological polar surface area (TPSA) is 72.2 Å². The summed E-state index contributed by atoms with van der Waals surface area (Å²) in [6, 6.07) is 7.83. The average molecular weight is 380 g/mol. The molecule has 2 rings (SSSR count). The van der Waals surface area contributed by atoms with Gasteiger partial charge in [0.2, 0.25) is 0 Å². The summed E-state index contributed by atoms with van der Waals surface area (Å²) in [5.41, 5.74) is 5.50. The van der Waals surface area contributed by atoms with Crippen molar-refractivity contribution in [3.63, 3.8) is 0 Å². The van der Waals surface area contributed by atoms with Crippen LogP contribution in [0.25, 0.3) is 0 Å². The smallest absolute Gasteiger partial charge is 0.261 e. The molecule has 0 saturated carbocycles. The van der Waals surface area contributed by atoms with Gasteiger partial charge in [0.25, 0.3) is 10.0 Å². The monoisotopic (exact) mass is 378 g/mol. The van der Waals surface area contributed by atoms with Gasteiger partial charge in [-0.2, -0.15) is 0 Å². The van der Waals surface area contributed by atoms with Gasteiger partial charge in [-0.15, -0.1) is 0 Å². The van der Waals surface area contributed by atoms with Crippen molar-refractivity contribution in [2.45, 2.75) is 4.90 Å². The van der Waals surface area contributed by atoms with Gasteiger partial charge >= 0.3 is 0 Å². The van der Waals surface area contributed by atoms with Crippen molar-refractivity contribution in [3.8, 4) is 0 Å². The molecule has 0 aliphatic rings. The number of benzene rings is 2. The van der Waals surface area contributed by atoms with Crippen molar-refractivity contribution in [3.05, 3.63) is 51.7 Å². The van der Waals surface area contributed by atoms with E-state index in [-0.39, 0.29) is 10.6 Å². The summed E-state index contributed by atoms with van der Waals surface area (Å²) in [7, 11) is -3.89. The van der Waals surface area contributed by atoms with Crippen LogP contribution in [0.2, 0.25) is 5.02 Å². The fourth-order valence-electron chi connectivity index (χ4n) is 1.45. The second-order valence-electron chi connectivity index (χ2n) is 3.92. The molecule has 106 valence electrons. The first-order valence-corrected chi connectivity index (χ1v) is 7.98. The van der Waals surface area contributed by atoms with E-state index in [0.717, 1.165) is 6.07 Å². The van der Waals surface area contributed by atoms with Gasteiger partial charge in [0.1, 0.15) is 5.82 Å². The summed E-state index contributed by atoms with van der Waals surface area (Å²) in [6.07, 6.45) is 0. The highest BCUT2D eigenvalue weighted by atomic mass is 79.9. The number of sulfonamides is 1. The molecule has 0 unspecified atom stereocenters. The van der Waals surface area contributed by atoms with Crippen molar-refractivity contribution in [1.82, 2.24) is 0 Å². The maximum Gasteiger partial charge on any atom is 0.261 e. The van der Waals surface area contributed by atoms with E-state index in [9.17, 15) is 12.8 Å². The summed E-state index contributed by atoms with van der Waals surface area (Å²) < 4.78 is 40.4. The predicted molar refractivity (Wildman–Crippen MR) is 80.8 cm³/mol. The lowest BCUT2D eigenvalue weighted by atomic mass is 10.3. The van der Waals surface area contributed by atoms with Gasteiger partial charge in [-0.3, -0.25) is 4.72 Å². The molecule has 2 aromatic carbocycles. The maximum atomic E-state index is 13.3. The minimum absolute atomic E-state index is 0.113. The quantitative estimate of drug-likeness (QED) is 0.800. The van der Waals surface area contributed by atoms with Crippen LogP contribution in [0.15, 0.2) is 45.8 Å². The molecule has 0 heterocycles. The third-order valence-corrected chi connectivity index (χ3v) is 5.05. The molecule has 0 fully saturated rings. The van der Waals surface area contributed by atoms with E-state index < -0.39 is 15.8 Å². The second kappa shape index (κ2) is 5.59. The zero-order valence-corrected chi connectivity index (χ0v) is 13.1. The fraction of sp³-hybridized carbons (Fsp3) is 0. The van der Waals surface area contributed by atoms with E-state index in [1.807, 2.05) is 0 Å². The molecular weight excluding hydrogens is 371 g/mol. The van der Waals surface area contributed by atoms with Crippen LogP contribution in [0.3, 0.4) is 0 Å². The van der Waals surface area contributed by atoms with Crippen molar-refractivity contribution in [2.24, 2.45) is 0 Å². The number of nitrogens with two attached hydrogens (primary N) is 1. The maximum absolute atomic E-state index is 13.3. The Hall–Kier alpha value is -1.31. The Balaban J connectivity index is 2.35. The van der Waals surface area contributed by atoms with Crippen LogP contribution in [0.4, 0.5) is 15.8 Å². The molecule has 3 N–H and O–H groups in total. The zero-order chi connectivity index (χ0) is 14.9. The molecule has 0 aromatic heterocycles. The predicted octanol–water partition coefficient (Wildman–Crippen LogP) is 3.62. The van der Waals surface area contributed by atoms with E-state index in [2.05, 4.69) is 20.7 Å². The molecule has 0 saturated heterocycles. The standard InChI is InChI=1S/C12H9BrClFN2O2S/c13-9-5-7(1-3-10(9)14)17-20(18,19)8-2-4-12(16)11(15)6-8/h1-6,17H,16H2. The third-order valence-electron chi connectivity index (χ3n) is 2.45. The summed E-state index contributed by atoms with van der Waals surface area (Å²) >= 11 is 9.01. The van der Waals surface area contributed by atoms with Gasteiger partial charge < -0.3 is 5.73 Å². The molecule has 0 aliphatic carbocycles. The summed E-state index contributed by atoms with van der Waals surface area (Å²) in [4.78, 5) is -0.213. The highest BCUT2D eigenvalue weighted by Gasteiger charge is 2.16. The second-order valence-corrected chi connectivity index (χ2v) is 6.86. The van der Waals surface area contributed by atoms with E-state index >= 15 is 0 Å². The van der Waals surface area contributed by atoms with Crippen LogP contribution in [-0.4, -0.2) is 8.42 Å². The highest BCUT2D eigenvalue weighted by molar-refractivity contribution is 9.10. The van der Waals surface area contributed by atoms with Crippen molar-refractivity contribution < 1.29 is 12.8 Å². The number of hydrogen-bond donors (Lipinski definition) is 2. The lowest BCUT2D eigenvalue weighted by molar-refractivity contribution is 0.596. The Kier molecular flexibility index (Phi) is 4.22. The Morgan fingerprint density at radius 3 is 2.50 bits per heavy atom. The summed E-state index contributed by atoms with van der Waals surface area (Å²) in [6.45, 7) is 0. The minimum Gasteiger partial charge on any atom is -0.396 e. The molecule has 0 bridgehead atoms. The number of anilines is 2. The summed E-state index contributed by atoms with van der Waals surface area (Å²) in [5, 5.41) is 0.450. The number of rotatable bonds is 3. The van der Waals surface area contributed by atoms with Crippen LogP contribution in [0.1, 0.15) is 0 Å². The first-order chi connectivity index (χ1) is 9.29. The van der Waals surface area contributed by atoms with Gasteiger partial charge in [-0.05, 0) is 52.3 Å². The number of hydrogen-bond acceptors (Lipinski definition) is 3. The van der Waals surface area contributed by atoms with Gasteiger partial charge in [0.05, 0.1) is 21.3 Å². The molecule has 0 atom stereocenters. The van der Waals surface area contributed by atoms with Gasteiger partial charge in [0.15, 0.2) is 0 Å². The number of halogens is 3. The molecule has 2 aromatic rings. The van der Waals surface area contributed by atoms with Crippen LogP contribution >= 0.6 is 27.5 Å². The van der Waals surface area contributed by atoms with Crippen LogP contribution in [0, 0.1) is 5.82 Å². The average Bonchev–Trinajstić information content (AvgIpc) is 2.37. The Bertz CT molecular complexity index is 768. The largest absolute Gasteiger partial charge is 0.396 e. The van der Waals surface area contributed by atoms with Crippen LogP contribution in [0.5, 0.6) is 0 Å². The lowest BCUT2D eigenvalue weighted by Crippen LogP contribution is -2.13. The molecule has 0 spiro atoms. The molecule has 0 radical (unpaired) electrons. The number of nitrogen functional groups attached to an aromatic ring is 1. The van der Waals surface area contributed by atoms with Crippen molar-refractivity contribution in [1.29, 1.82) is 0 Å². The SMILES string of the molecule is Nc1ccc(S(=O)(=O)Nc2ccc(Cl)c(Br)c2)cc1F. The Morgan fingerprint density at radius 1 is 1.20 bits per heavy atom. The van der Waals surface area contributed by atoms with Crippen molar-refractivity contribution in [2.75, 3.05) is 10.5 Å². The molecule has 0 amide bonds. The van der Waals surface area contributed by atoms with Crippen molar-refractivity contribution >= 4 is 48.9 Å². The Morgan fingerprint density at radius 2 is 1.90 bits per heavy atom. The van der Waals surface area contributed by atoms with Gasteiger partial charge in [-0.25, -0.2) is 12.8 Å². The molecule has 4 nitrogen and oxygen atoms in total. The van der Waals surface area contributed by atoms with E-state index in [1.54, 1.807) is 0 Å². The van der Waals surface area contributed by atoms with Gasteiger partial charge in [0, 0.05) is 4.47 Å². The Labute approximate surface area is 128 Å². The van der Waals surface area contributed by atoms with E-state index in [4.69, 9.17) is 17.3 Å². The minimum atomic E-state index is -3.89. The van der Waals surface area contributed by atoms with E-state index in [1.165, 1.54) is 30.3 Å². The normalized spacial score (nSPS) is 11.3. The van der Waals surface area contributed by atoms with Crippen LogP contribution < -0.4 is 10.5 Å². The van der Waals surface area contributed by atoms with Crippen LogP contribution in [-0.2, 0) is 10.0 Å². The first-order valence-electron chi connectivity index (χ1n) is 5.32. The molecule has 8 heteroatoms. The van der Waals surface area contributed by atoms with Gasteiger partial charge in [-0.1, -0.05) is 11.6 Å². The molecule has 20 heavy (non-hydrogen) atoms. The highest BCUT2D eigenvalue weighted by Crippen LogP contribution is 2.27. The fourth-order valence-corrected chi connectivity index (χ4v) is 3.01.